The lowest BCUT2D eigenvalue weighted by molar-refractivity contribution is 0.267. The van der Waals surface area contributed by atoms with Gasteiger partial charge < -0.3 is 16.2 Å². The van der Waals surface area contributed by atoms with Crippen LogP contribution in [0.5, 0.6) is 0 Å². The van der Waals surface area contributed by atoms with Gasteiger partial charge in [0.2, 0.25) is 0 Å². The van der Waals surface area contributed by atoms with Crippen molar-refractivity contribution >= 4 is 11.4 Å². The first-order valence-corrected chi connectivity index (χ1v) is 4.55. The van der Waals surface area contributed by atoms with Crippen LogP contribution >= 0.6 is 0 Å². The van der Waals surface area contributed by atoms with Gasteiger partial charge in [0, 0.05) is 17.4 Å². The minimum atomic E-state index is 0.189. The SMILES string of the molecule is Nc1ccc2c(c1)NC(CO)CC2. The van der Waals surface area contributed by atoms with Gasteiger partial charge in [0.25, 0.3) is 0 Å². The zero-order valence-corrected chi connectivity index (χ0v) is 7.46. The average molecular weight is 178 g/mol. The molecule has 3 heteroatoms. The van der Waals surface area contributed by atoms with Crippen LogP contribution in [-0.2, 0) is 6.42 Å². The zero-order chi connectivity index (χ0) is 9.26. The number of anilines is 2. The van der Waals surface area contributed by atoms with Gasteiger partial charge in [0.15, 0.2) is 0 Å². The number of rotatable bonds is 1. The molecule has 13 heavy (non-hydrogen) atoms. The van der Waals surface area contributed by atoms with E-state index in [0.717, 1.165) is 24.2 Å². The number of nitrogens with one attached hydrogen (secondary N) is 1. The van der Waals surface area contributed by atoms with Crippen molar-refractivity contribution in [1.29, 1.82) is 0 Å². The van der Waals surface area contributed by atoms with E-state index < -0.39 is 0 Å². The summed E-state index contributed by atoms with van der Waals surface area (Å²) in [6.07, 6.45) is 2.02. The monoisotopic (exact) mass is 178 g/mol. The minimum Gasteiger partial charge on any atom is -0.399 e. The van der Waals surface area contributed by atoms with Gasteiger partial charge in [0.1, 0.15) is 0 Å². The molecule has 0 radical (unpaired) electrons. The molecule has 1 aromatic rings. The fourth-order valence-corrected chi connectivity index (χ4v) is 1.71. The second-order valence-corrected chi connectivity index (χ2v) is 3.48. The van der Waals surface area contributed by atoms with E-state index in [1.165, 1.54) is 5.56 Å². The van der Waals surface area contributed by atoms with E-state index >= 15 is 0 Å². The molecule has 1 heterocycles. The molecule has 3 nitrogen and oxygen atoms in total. The number of fused-ring (bicyclic) bond motifs is 1. The lowest BCUT2D eigenvalue weighted by atomic mass is 9.98. The maximum Gasteiger partial charge on any atom is 0.0632 e. The van der Waals surface area contributed by atoms with E-state index in [9.17, 15) is 0 Å². The summed E-state index contributed by atoms with van der Waals surface area (Å²) in [6, 6.07) is 6.08. The Hall–Kier alpha value is -1.22. The number of aryl methyl sites for hydroxylation is 1. The lowest BCUT2D eigenvalue weighted by Crippen LogP contribution is -2.28. The van der Waals surface area contributed by atoms with E-state index in [2.05, 4.69) is 5.32 Å². The maximum atomic E-state index is 8.99. The molecule has 4 N–H and O–H groups in total. The summed E-state index contributed by atoms with van der Waals surface area (Å²) in [5.41, 5.74) is 8.80. The van der Waals surface area contributed by atoms with Gasteiger partial charge in [-0.25, -0.2) is 0 Å². The Kier molecular flexibility index (Phi) is 2.10. The van der Waals surface area contributed by atoms with Gasteiger partial charge in [-0.1, -0.05) is 6.07 Å². The first-order chi connectivity index (χ1) is 6.29. The van der Waals surface area contributed by atoms with Crippen LogP contribution in [0.2, 0.25) is 0 Å². The molecular weight excluding hydrogens is 164 g/mol. The molecule has 1 aliphatic heterocycles. The van der Waals surface area contributed by atoms with Crippen LogP contribution < -0.4 is 11.1 Å². The van der Waals surface area contributed by atoms with Crippen molar-refractivity contribution in [2.45, 2.75) is 18.9 Å². The molecule has 0 spiro atoms. The fourth-order valence-electron chi connectivity index (χ4n) is 1.71. The number of aliphatic hydroxyl groups is 1. The van der Waals surface area contributed by atoms with Gasteiger partial charge in [-0.2, -0.15) is 0 Å². The number of nitrogens with two attached hydrogens (primary N) is 1. The summed E-state index contributed by atoms with van der Waals surface area (Å²) in [7, 11) is 0. The van der Waals surface area contributed by atoms with Crippen LogP contribution in [0.25, 0.3) is 0 Å². The predicted molar refractivity (Wildman–Crippen MR) is 53.7 cm³/mol. The van der Waals surface area contributed by atoms with E-state index in [0.29, 0.717) is 0 Å². The number of aliphatic hydroxyl groups excluding tert-OH is 1. The molecule has 0 fully saturated rings. The van der Waals surface area contributed by atoms with E-state index in [1.807, 2.05) is 18.2 Å². The van der Waals surface area contributed by atoms with Crippen LogP contribution in [0.3, 0.4) is 0 Å². The predicted octanol–water partition coefficient (Wildman–Crippen LogP) is 0.988. The number of nitrogen functional groups attached to an aromatic ring is 1. The van der Waals surface area contributed by atoms with E-state index in [-0.39, 0.29) is 12.6 Å². The summed E-state index contributed by atoms with van der Waals surface area (Å²) >= 11 is 0. The van der Waals surface area contributed by atoms with E-state index in [4.69, 9.17) is 10.8 Å². The first-order valence-electron chi connectivity index (χ1n) is 4.55. The van der Waals surface area contributed by atoms with Crippen molar-refractivity contribution in [3.63, 3.8) is 0 Å². The van der Waals surface area contributed by atoms with Gasteiger partial charge in [-0.3, -0.25) is 0 Å². The van der Waals surface area contributed by atoms with Gasteiger partial charge >= 0.3 is 0 Å². The Morgan fingerprint density at radius 1 is 1.54 bits per heavy atom. The topological polar surface area (TPSA) is 58.3 Å². The Morgan fingerprint density at radius 2 is 2.38 bits per heavy atom. The van der Waals surface area contributed by atoms with Crippen molar-refractivity contribution in [1.82, 2.24) is 0 Å². The van der Waals surface area contributed by atoms with Crippen LogP contribution in [0.1, 0.15) is 12.0 Å². The molecule has 1 aliphatic rings. The van der Waals surface area contributed by atoms with Crippen molar-refractivity contribution in [2.24, 2.45) is 0 Å². The van der Waals surface area contributed by atoms with Crippen LogP contribution in [0.4, 0.5) is 11.4 Å². The summed E-state index contributed by atoms with van der Waals surface area (Å²) in [5, 5.41) is 12.2. The van der Waals surface area contributed by atoms with Crippen molar-refractivity contribution < 1.29 is 5.11 Å². The molecule has 70 valence electrons. The van der Waals surface area contributed by atoms with Crippen molar-refractivity contribution in [2.75, 3.05) is 17.7 Å². The first kappa shape index (κ1) is 8.38. The number of hydrogen-bond acceptors (Lipinski definition) is 3. The highest BCUT2D eigenvalue weighted by atomic mass is 16.3. The number of hydrogen-bond donors (Lipinski definition) is 3. The molecular formula is C10H14N2O. The molecule has 1 aromatic carbocycles. The lowest BCUT2D eigenvalue weighted by Gasteiger charge is -2.25. The Morgan fingerprint density at radius 3 is 3.15 bits per heavy atom. The van der Waals surface area contributed by atoms with Gasteiger partial charge in [0.05, 0.1) is 6.61 Å². The largest absolute Gasteiger partial charge is 0.399 e. The Bertz CT molecular complexity index is 312. The third-order valence-electron chi connectivity index (χ3n) is 2.48. The molecule has 0 bridgehead atoms. The summed E-state index contributed by atoms with van der Waals surface area (Å²) in [5.74, 6) is 0. The van der Waals surface area contributed by atoms with Gasteiger partial charge in [-0.05, 0) is 30.5 Å². The van der Waals surface area contributed by atoms with Crippen LogP contribution in [-0.4, -0.2) is 17.8 Å². The highest BCUT2D eigenvalue weighted by Crippen LogP contribution is 2.26. The molecule has 2 rings (SSSR count). The highest BCUT2D eigenvalue weighted by molar-refractivity contribution is 5.61. The molecule has 1 unspecified atom stereocenters. The second-order valence-electron chi connectivity index (χ2n) is 3.48. The fraction of sp³-hybridized carbons (Fsp3) is 0.400. The smallest absolute Gasteiger partial charge is 0.0632 e. The van der Waals surface area contributed by atoms with Gasteiger partial charge in [-0.15, -0.1) is 0 Å². The summed E-state index contributed by atoms with van der Waals surface area (Å²) < 4.78 is 0. The quantitative estimate of drug-likeness (QED) is 0.562. The maximum absolute atomic E-state index is 8.99. The summed E-state index contributed by atoms with van der Waals surface area (Å²) in [4.78, 5) is 0. The van der Waals surface area contributed by atoms with Crippen molar-refractivity contribution in [3.05, 3.63) is 23.8 Å². The molecule has 0 aromatic heterocycles. The Balaban J connectivity index is 2.27. The molecule has 0 saturated heterocycles. The third-order valence-corrected chi connectivity index (χ3v) is 2.48. The van der Waals surface area contributed by atoms with Crippen LogP contribution in [0, 0.1) is 0 Å². The Labute approximate surface area is 77.6 Å². The molecule has 1 atom stereocenters. The molecule has 0 aliphatic carbocycles. The second kappa shape index (κ2) is 3.26. The van der Waals surface area contributed by atoms with E-state index in [1.54, 1.807) is 0 Å². The third kappa shape index (κ3) is 1.60. The number of benzene rings is 1. The minimum absolute atomic E-state index is 0.189. The highest BCUT2D eigenvalue weighted by Gasteiger charge is 2.16. The standard InChI is InChI=1S/C10H14N2O/c11-8-3-1-7-2-4-9(6-13)12-10(7)5-8/h1,3,5,9,12-13H,2,4,6,11H2. The van der Waals surface area contributed by atoms with Crippen LogP contribution in [0.15, 0.2) is 18.2 Å². The average Bonchev–Trinajstić information content (AvgIpc) is 2.16. The molecule has 0 saturated carbocycles. The molecule has 0 amide bonds. The zero-order valence-electron chi connectivity index (χ0n) is 7.46. The van der Waals surface area contributed by atoms with Crippen molar-refractivity contribution in [3.8, 4) is 0 Å². The normalized spacial score (nSPS) is 20.5. The summed E-state index contributed by atoms with van der Waals surface area (Å²) in [6.45, 7) is 0.189.